The van der Waals surface area contributed by atoms with E-state index in [0.717, 1.165) is 32.3 Å². The van der Waals surface area contributed by atoms with Crippen LogP contribution in [0.3, 0.4) is 0 Å². The number of methoxy groups -OCH3 is 1. The van der Waals surface area contributed by atoms with Crippen LogP contribution in [0.1, 0.15) is 5.56 Å². The van der Waals surface area contributed by atoms with Gasteiger partial charge in [0, 0.05) is 41.6 Å². The van der Waals surface area contributed by atoms with E-state index in [-0.39, 0.29) is 6.03 Å². The summed E-state index contributed by atoms with van der Waals surface area (Å²) in [6, 6.07) is 20.0. The van der Waals surface area contributed by atoms with Gasteiger partial charge in [0.1, 0.15) is 0 Å². The van der Waals surface area contributed by atoms with E-state index in [1.807, 2.05) is 41.3 Å². The lowest BCUT2D eigenvalue weighted by atomic mass is 10.1. The maximum atomic E-state index is 13.3. The molecule has 31 heavy (non-hydrogen) atoms. The largest absolute Gasteiger partial charge is 0.383 e. The number of benzene rings is 2. The molecule has 160 valence electrons. The van der Waals surface area contributed by atoms with Crippen LogP contribution in [0.2, 0.25) is 0 Å². The van der Waals surface area contributed by atoms with Gasteiger partial charge in [-0.05, 0) is 45.6 Å². The van der Waals surface area contributed by atoms with Crippen molar-refractivity contribution in [3.63, 3.8) is 0 Å². The van der Waals surface area contributed by atoms with E-state index in [1.54, 1.807) is 18.4 Å². The van der Waals surface area contributed by atoms with E-state index in [1.165, 1.54) is 4.88 Å². The van der Waals surface area contributed by atoms with E-state index >= 15 is 0 Å². The SMILES string of the molecule is COCCN(Cc1c(-c2cccs2)n(C)c2ccccc12)C(=O)Nc1ccccc1Br. The molecule has 5 nitrogen and oxygen atoms in total. The Morgan fingerprint density at radius 3 is 2.65 bits per heavy atom. The number of anilines is 1. The highest BCUT2D eigenvalue weighted by molar-refractivity contribution is 9.10. The second-order valence-electron chi connectivity index (χ2n) is 7.20. The van der Waals surface area contributed by atoms with Gasteiger partial charge in [-0.2, -0.15) is 0 Å². The number of carbonyl (C=O) groups excluding carboxylic acids is 1. The maximum Gasteiger partial charge on any atom is 0.322 e. The number of urea groups is 1. The summed E-state index contributed by atoms with van der Waals surface area (Å²) in [4.78, 5) is 16.2. The summed E-state index contributed by atoms with van der Waals surface area (Å²) in [7, 11) is 3.74. The Bertz CT molecular complexity index is 1190. The van der Waals surface area contributed by atoms with Crippen LogP contribution >= 0.6 is 27.3 Å². The van der Waals surface area contributed by atoms with Crippen molar-refractivity contribution >= 4 is 49.9 Å². The molecule has 2 amide bonds. The van der Waals surface area contributed by atoms with Crippen LogP contribution in [0.5, 0.6) is 0 Å². The van der Waals surface area contributed by atoms with Crippen LogP contribution in [0.25, 0.3) is 21.5 Å². The molecule has 4 aromatic rings. The van der Waals surface area contributed by atoms with Gasteiger partial charge in [-0.3, -0.25) is 0 Å². The van der Waals surface area contributed by atoms with Gasteiger partial charge in [0.15, 0.2) is 0 Å². The lowest BCUT2D eigenvalue weighted by molar-refractivity contribution is 0.153. The summed E-state index contributed by atoms with van der Waals surface area (Å²) in [6.45, 7) is 1.43. The second kappa shape index (κ2) is 9.68. The summed E-state index contributed by atoms with van der Waals surface area (Å²) in [5.74, 6) is 0. The van der Waals surface area contributed by atoms with Crippen molar-refractivity contribution in [2.75, 3.05) is 25.6 Å². The van der Waals surface area contributed by atoms with Crippen LogP contribution in [-0.4, -0.2) is 35.8 Å². The Hall–Kier alpha value is -2.61. The molecule has 0 aliphatic carbocycles. The van der Waals surface area contributed by atoms with E-state index in [4.69, 9.17) is 4.74 Å². The zero-order chi connectivity index (χ0) is 21.8. The first-order valence-electron chi connectivity index (χ1n) is 9.99. The maximum absolute atomic E-state index is 13.3. The number of carbonyl (C=O) groups is 1. The van der Waals surface area contributed by atoms with Gasteiger partial charge in [0.05, 0.1) is 29.4 Å². The zero-order valence-electron chi connectivity index (χ0n) is 17.5. The zero-order valence-corrected chi connectivity index (χ0v) is 19.9. The minimum atomic E-state index is -0.158. The van der Waals surface area contributed by atoms with Crippen LogP contribution in [0.15, 0.2) is 70.5 Å². The smallest absolute Gasteiger partial charge is 0.322 e. The molecule has 7 heteroatoms. The van der Waals surface area contributed by atoms with Crippen molar-refractivity contribution in [1.82, 2.24) is 9.47 Å². The first-order valence-corrected chi connectivity index (χ1v) is 11.7. The number of hydrogen-bond acceptors (Lipinski definition) is 3. The number of nitrogens with one attached hydrogen (secondary N) is 1. The minimum Gasteiger partial charge on any atom is -0.383 e. The number of amides is 2. The Kier molecular flexibility index (Phi) is 6.75. The molecular weight excluding hydrogens is 474 g/mol. The van der Waals surface area contributed by atoms with Crippen molar-refractivity contribution in [3.8, 4) is 10.6 Å². The Labute approximate surface area is 194 Å². The third-order valence-corrected chi connectivity index (χ3v) is 6.85. The van der Waals surface area contributed by atoms with E-state index in [2.05, 4.69) is 62.5 Å². The van der Waals surface area contributed by atoms with Crippen LogP contribution in [0, 0.1) is 0 Å². The average Bonchev–Trinajstić information content (AvgIpc) is 3.39. The first-order chi connectivity index (χ1) is 15.1. The van der Waals surface area contributed by atoms with E-state index in [9.17, 15) is 4.79 Å². The van der Waals surface area contributed by atoms with Crippen LogP contribution in [-0.2, 0) is 18.3 Å². The molecule has 0 saturated carbocycles. The molecule has 0 unspecified atom stereocenters. The number of rotatable bonds is 7. The fourth-order valence-electron chi connectivity index (χ4n) is 3.76. The highest BCUT2D eigenvalue weighted by Gasteiger charge is 2.22. The number of para-hydroxylation sites is 2. The Morgan fingerprint density at radius 2 is 1.90 bits per heavy atom. The molecule has 2 heterocycles. The molecule has 0 fully saturated rings. The van der Waals surface area contributed by atoms with E-state index in [0.29, 0.717) is 19.7 Å². The number of ether oxygens (including phenoxy) is 1. The van der Waals surface area contributed by atoms with Crippen molar-refractivity contribution in [1.29, 1.82) is 0 Å². The van der Waals surface area contributed by atoms with Gasteiger partial charge in [0.2, 0.25) is 0 Å². The van der Waals surface area contributed by atoms with Gasteiger partial charge >= 0.3 is 6.03 Å². The van der Waals surface area contributed by atoms with Gasteiger partial charge in [-0.1, -0.05) is 36.4 Å². The molecule has 2 aromatic heterocycles. The van der Waals surface area contributed by atoms with Crippen molar-refractivity contribution in [2.24, 2.45) is 7.05 Å². The predicted octanol–water partition coefficient (Wildman–Crippen LogP) is 6.35. The molecule has 0 aliphatic heterocycles. The first kappa shape index (κ1) is 21.6. The molecule has 0 saturated heterocycles. The standard InChI is InChI=1S/C24H24BrN3O2S/c1-27-21-11-6-3-8-17(21)18(23(27)22-12-7-15-31-22)16-28(13-14-30-2)24(29)26-20-10-5-4-9-19(20)25/h3-12,15H,13-14,16H2,1-2H3,(H,26,29). The van der Waals surface area contributed by atoms with Gasteiger partial charge in [-0.25, -0.2) is 4.79 Å². The van der Waals surface area contributed by atoms with Crippen molar-refractivity contribution < 1.29 is 9.53 Å². The van der Waals surface area contributed by atoms with E-state index < -0.39 is 0 Å². The lowest BCUT2D eigenvalue weighted by Gasteiger charge is -2.24. The van der Waals surface area contributed by atoms with Gasteiger partial charge in [0.25, 0.3) is 0 Å². The average molecular weight is 498 g/mol. The number of halogens is 1. The number of hydrogen-bond donors (Lipinski definition) is 1. The predicted molar refractivity (Wildman–Crippen MR) is 132 cm³/mol. The lowest BCUT2D eigenvalue weighted by Crippen LogP contribution is -2.37. The molecule has 0 atom stereocenters. The number of fused-ring (bicyclic) bond motifs is 1. The molecule has 2 aromatic carbocycles. The quantitative estimate of drug-likeness (QED) is 0.323. The van der Waals surface area contributed by atoms with Crippen molar-refractivity contribution in [3.05, 3.63) is 76.1 Å². The van der Waals surface area contributed by atoms with Gasteiger partial charge < -0.3 is 19.5 Å². The van der Waals surface area contributed by atoms with Gasteiger partial charge in [-0.15, -0.1) is 11.3 Å². The summed E-state index contributed by atoms with van der Waals surface area (Å²) in [5, 5.41) is 6.27. The number of nitrogens with zero attached hydrogens (tertiary/aromatic N) is 2. The molecule has 0 aliphatic rings. The second-order valence-corrected chi connectivity index (χ2v) is 9.01. The molecule has 0 bridgehead atoms. The summed E-state index contributed by atoms with van der Waals surface area (Å²) >= 11 is 5.21. The monoisotopic (exact) mass is 497 g/mol. The minimum absolute atomic E-state index is 0.158. The number of thiophene rings is 1. The van der Waals surface area contributed by atoms with Crippen LogP contribution in [0.4, 0.5) is 10.5 Å². The molecule has 4 rings (SSSR count). The topological polar surface area (TPSA) is 46.5 Å². The summed E-state index contributed by atoms with van der Waals surface area (Å²) in [6.07, 6.45) is 0. The van der Waals surface area contributed by atoms with Crippen molar-refractivity contribution in [2.45, 2.75) is 6.54 Å². The molecule has 0 spiro atoms. The summed E-state index contributed by atoms with van der Waals surface area (Å²) < 4.78 is 8.36. The highest BCUT2D eigenvalue weighted by atomic mass is 79.9. The number of aryl methyl sites for hydroxylation is 1. The van der Waals surface area contributed by atoms with Crippen LogP contribution < -0.4 is 5.32 Å². The fraction of sp³-hybridized carbons (Fsp3) is 0.208. The highest BCUT2D eigenvalue weighted by Crippen LogP contribution is 2.36. The third-order valence-electron chi connectivity index (χ3n) is 5.28. The third kappa shape index (κ3) is 4.54. The Balaban J connectivity index is 1.72. The normalized spacial score (nSPS) is 11.1. The number of aromatic nitrogens is 1. The molecule has 1 N–H and O–H groups in total. The molecule has 0 radical (unpaired) electrons. The summed E-state index contributed by atoms with van der Waals surface area (Å²) in [5.41, 5.74) is 4.18. The Morgan fingerprint density at radius 1 is 1.13 bits per heavy atom. The molecular formula is C24H24BrN3O2S. The fourth-order valence-corrected chi connectivity index (χ4v) is 4.98.